The second-order valence-electron chi connectivity index (χ2n) is 3.76. The van der Waals surface area contributed by atoms with Gasteiger partial charge in [-0.05, 0) is 25.0 Å². The summed E-state index contributed by atoms with van der Waals surface area (Å²) in [5.74, 6) is -0.0309. The molecule has 88 valence electrons. The van der Waals surface area contributed by atoms with Gasteiger partial charge in [0.15, 0.2) is 0 Å². The van der Waals surface area contributed by atoms with E-state index in [9.17, 15) is 4.79 Å². The molecule has 0 aliphatic rings. The zero-order valence-corrected chi connectivity index (χ0v) is 10.8. The monoisotopic (exact) mass is 285 g/mol. The van der Waals surface area contributed by atoms with Crippen LogP contribution >= 0.6 is 15.9 Å². The Bertz CT molecular complexity index is 353. The quantitative estimate of drug-likeness (QED) is 0.872. The van der Waals surface area contributed by atoms with E-state index < -0.39 is 6.10 Å². The summed E-state index contributed by atoms with van der Waals surface area (Å²) in [5.41, 5.74) is 1.05. The number of hydrogen-bond donors (Lipinski definition) is 2. The first-order chi connectivity index (χ1) is 7.59. The molecule has 1 aromatic carbocycles. The molecule has 1 unspecified atom stereocenters. The van der Waals surface area contributed by atoms with Crippen molar-refractivity contribution in [1.82, 2.24) is 5.32 Å². The summed E-state index contributed by atoms with van der Waals surface area (Å²) in [6, 6.07) is 7.77. The first kappa shape index (κ1) is 13.2. The predicted molar refractivity (Wildman–Crippen MR) is 66.9 cm³/mol. The van der Waals surface area contributed by atoms with Crippen LogP contribution < -0.4 is 5.32 Å². The summed E-state index contributed by atoms with van der Waals surface area (Å²) in [5, 5.41) is 11.9. The van der Waals surface area contributed by atoms with Crippen LogP contribution in [-0.4, -0.2) is 17.1 Å². The van der Waals surface area contributed by atoms with E-state index in [1.54, 1.807) is 6.92 Å². The van der Waals surface area contributed by atoms with Gasteiger partial charge in [0, 0.05) is 17.4 Å². The number of hydrogen-bond acceptors (Lipinski definition) is 2. The van der Waals surface area contributed by atoms with Crippen molar-refractivity contribution in [1.29, 1.82) is 0 Å². The van der Waals surface area contributed by atoms with Crippen molar-refractivity contribution < 1.29 is 9.90 Å². The van der Waals surface area contributed by atoms with E-state index >= 15 is 0 Å². The number of benzene rings is 1. The minimum atomic E-state index is -0.422. The second-order valence-corrected chi connectivity index (χ2v) is 4.61. The fourth-order valence-electron chi connectivity index (χ4n) is 1.26. The molecule has 16 heavy (non-hydrogen) atoms. The zero-order valence-electron chi connectivity index (χ0n) is 9.24. The lowest BCUT2D eigenvalue weighted by Crippen LogP contribution is -2.23. The van der Waals surface area contributed by atoms with Crippen molar-refractivity contribution >= 4 is 21.8 Å². The molecule has 0 bridgehead atoms. The minimum Gasteiger partial charge on any atom is -0.393 e. The Morgan fingerprint density at radius 2 is 2.19 bits per heavy atom. The van der Waals surface area contributed by atoms with E-state index in [0.717, 1.165) is 10.0 Å². The Morgan fingerprint density at radius 3 is 2.81 bits per heavy atom. The molecule has 1 atom stereocenters. The lowest BCUT2D eigenvalue weighted by molar-refractivity contribution is -0.121. The summed E-state index contributed by atoms with van der Waals surface area (Å²) in [7, 11) is 0. The molecule has 0 fully saturated rings. The fraction of sp³-hybridized carbons (Fsp3) is 0.417. The molecule has 1 amide bonds. The molecule has 0 aliphatic heterocycles. The van der Waals surface area contributed by atoms with Gasteiger partial charge in [0.2, 0.25) is 5.91 Å². The van der Waals surface area contributed by atoms with Gasteiger partial charge < -0.3 is 10.4 Å². The van der Waals surface area contributed by atoms with Gasteiger partial charge in [-0.2, -0.15) is 0 Å². The number of carbonyl (C=O) groups is 1. The smallest absolute Gasteiger partial charge is 0.220 e. The first-order valence-corrected chi connectivity index (χ1v) is 6.07. The molecule has 0 radical (unpaired) electrons. The average molecular weight is 286 g/mol. The minimum absolute atomic E-state index is 0.0309. The van der Waals surface area contributed by atoms with Crippen LogP contribution in [0.2, 0.25) is 0 Å². The number of carbonyl (C=O) groups excluding carboxylic acids is 1. The third kappa shape index (κ3) is 4.77. The van der Waals surface area contributed by atoms with Crippen molar-refractivity contribution in [2.45, 2.75) is 32.4 Å². The molecule has 0 heterocycles. The molecule has 4 heteroatoms. The van der Waals surface area contributed by atoms with Crippen LogP contribution in [0.1, 0.15) is 25.3 Å². The molecular weight excluding hydrogens is 270 g/mol. The van der Waals surface area contributed by atoms with Crippen LogP contribution in [0.15, 0.2) is 28.7 Å². The third-order valence-corrected chi connectivity index (χ3v) is 3.00. The van der Waals surface area contributed by atoms with E-state index in [1.165, 1.54) is 0 Å². The van der Waals surface area contributed by atoms with Crippen LogP contribution in [-0.2, 0) is 11.3 Å². The lowest BCUT2D eigenvalue weighted by atomic mass is 10.2. The van der Waals surface area contributed by atoms with E-state index in [-0.39, 0.29) is 5.91 Å². The molecule has 0 saturated carbocycles. The summed E-state index contributed by atoms with van der Waals surface area (Å²) < 4.78 is 0.992. The van der Waals surface area contributed by atoms with Crippen molar-refractivity contribution in [3.63, 3.8) is 0 Å². The summed E-state index contributed by atoms with van der Waals surface area (Å²) >= 11 is 3.42. The second kappa shape index (κ2) is 6.66. The highest BCUT2D eigenvalue weighted by molar-refractivity contribution is 9.10. The van der Waals surface area contributed by atoms with Gasteiger partial charge in [-0.15, -0.1) is 0 Å². The van der Waals surface area contributed by atoms with E-state index in [4.69, 9.17) is 5.11 Å². The Hall–Kier alpha value is -0.870. The predicted octanol–water partition coefficient (Wildman–Crippen LogP) is 2.23. The zero-order chi connectivity index (χ0) is 12.0. The van der Waals surface area contributed by atoms with Gasteiger partial charge in [0.1, 0.15) is 0 Å². The number of aliphatic hydroxyl groups excluding tert-OH is 1. The fourth-order valence-corrected chi connectivity index (χ4v) is 1.69. The van der Waals surface area contributed by atoms with Crippen molar-refractivity contribution in [2.24, 2.45) is 0 Å². The first-order valence-electron chi connectivity index (χ1n) is 5.27. The van der Waals surface area contributed by atoms with Crippen LogP contribution in [0.25, 0.3) is 0 Å². The molecule has 0 aromatic heterocycles. The Labute approximate surface area is 104 Å². The SMILES string of the molecule is CC(O)CCC(=O)NCc1ccccc1Br. The number of amides is 1. The van der Waals surface area contributed by atoms with Gasteiger partial charge in [-0.1, -0.05) is 34.1 Å². The van der Waals surface area contributed by atoms with Crippen LogP contribution in [0, 0.1) is 0 Å². The molecule has 2 N–H and O–H groups in total. The lowest BCUT2D eigenvalue weighted by Gasteiger charge is -2.07. The van der Waals surface area contributed by atoms with Crippen molar-refractivity contribution in [2.75, 3.05) is 0 Å². The van der Waals surface area contributed by atoms with Gasteiger partial charge in [-0.25, -0.2) is 0 Å². The van der Waals surface area contributed by atoms with E-state index in [0.29, 0.717) is 19.4 Å². The molecule has 1 aromatic rings. The van der Waals surface area contributed by atoms with Crippen LogP contribution in [0.3, 0.4) is 0 Å². The molecule has 0 spiro atoms. The standard InChI is InChI=1S/C12H16BrNO2/c1-9(15)6-7-12(16)14-8-10-4-2-3-5-11(10)13/h2-5,9,15H,6-8H2,1H3,(H,14,16). The molecule has 0 aliphatic carbocycles. The van der Waals surface area contributed by atoms with Crippen LogP contribution in [0.5, 0.6) is 0 Å². The van der Waals surface area contributed by atoms with Gasteiger partial charge >= 0.3 is 0 Å². The summed E-state index contributed by atoms with van der Waals surface area (Å²) in [6.07, 6.45) is 0.443. The highest BCUT2D eigenvalue weighted by atomic mass is 79.9. The number of halogens is 1. The maximum Gasteiger partial charge on any atom is 0.220 e. The van der Waals surface area contributed by atoms with Gasteiger partial charge in [0.25, 0.3) is 0 Å². The number of nitrogens with one attached hydrogen (secondary N) is 1. The average Bonchev–Trinajstić information content (AvgIpc) is 2.25. The molecule has 1 rings (SSSR count). The van der Waals surface area contributed by atoms with Crippen molar-refractivity contribution in [3.05, 3.63) is 34.3 Å². The normalized spacial score (nSPS) is 12.2. The highest BCUT2D eigenvalue weighted by Gasteiger charge is 2.05. The Morgan fingerprint density at radius 1 is 1.50 bits per heavy atom. The molecular formula is C12H16BrNO2. The molecule has 3 nitrogen and oxygen atoms in total. The summed E-state index contributed by atoms with van der Waals surface area (Å²) in [4.78, 5) is 11.4. The summed E-state index contributed by atoms with van der Waals surface area (Å²) in [6.45, 7) is 2.20. The largest absolute Gasteiger partial charge is 0.393 e. The molecule has 0 saturated heterocycles. The highest BCUT2D eigenvalue weighted by Crippen LogP contribution is 2.15. The topological polar surface area (TPSA) is 49.3 Å². The number of rotatable bonds is 5. The Kier molecular flexibility index (Phi) is 5.49. The van der Waals surface area contributed by atoms with Gasteiger partial charge in [0.05, 0.1) is 6.10 Å². The van der Waals surface area contributed by atoms with E-state index in [2.05, 4.69) is 21.2 Å². The third-order valence-electron chi connectivity index (χ3n) is 2.22. The van der Waals surface area contributed by atoms with Crippen molar-refractivity contribution in [3.8, 4) is 0 Å². The number of aliphatic hydroxyl groups is 1. The van der Waals surface area contributed by atoms with Crippen LogP contribution in [0.4, 0.5) is 0 Å². The Balaban J connectivity index is 2.35. The maximum atomic E-state index is 11.4. The maximum absolute atomic E-state index is 11.4. The van der Waals surface area contributed by atoms with Gasteiger partial charge in [-0.3, -0.25) is 4.79 Å². The van der Waals surface area contributed by atoms with E-state index in [1.807, 2.05) is 24.3 Å².